The molecule has 108 valence electrons. The number of carbonyl (C=O) groups is 2. The Bertz CT molecular complexity index is 377. The van der Waals surface area contributed by atoms with Gasteiger partial charge in [-0.3, -0.25) is 4.79 Å². The first-order chi connectivity index (χ1) is 8.73. The highest BCUT2D eigenvalue weighted by Crippen LogP contribution is 2.19. The molecule has 2 N–H and O–H groups in total. The highest BCUT2D eigenvalue weighted by Gasteiger charge is 2.29. The van der Waals surface area contributed by atoms with Gasteiger partial charge < -0.3 is 20.1 Å². The number of hydrogen-bond donors (Lipinski definition) is 2. The molecule has 1 aliphatic rings. The summed E-state index contributed by atoms with van der Waals surface area (Å²) in [6.45, 7) is 6.51. The number of nitrogens with zero attached hydrogens (tertiary/aromatic N) is 1. The van der Waals surface area contributed by atoms with E-state index < -0.39 is 17.6 Å². The number of carbonyl (C=O) groups excluding carboxylic acids is 1. The van der Waals surface area contributed by atoms with Gasteiger partial charge in [0.25, 0.3) is 0 Å². The summed E-state index contributed by atoms with van der Waals surface area (Å²) in [5, 5.41) is 11.6. The van der Waals surface area contributed by atoms with Crippen molar-refractivity contribution in [3.05, 3.63) is 11.6 Å². The smallest absolute Gasteiger partial charge is 0.410 e. The second-order valence-corrected chi connectivity index (χ2v) is 5.61. The molecular weight excluding hydrogens is 248 g/mol. The van der Waals surface area contributed by atoms with Gasteiger partial charge in [-0.1, -0.05) is 6.08 Å². The fourth-order valence-corrected chi connectivity index (χ4v) is 1.66. The fourth-order valence-electron chi connectivity index (χ4n) is 1.66. The third kappa shape index (κ3) is 4.90. The second-order valence-electron chi connectivity index (χ2n) is 5.61. The molecular formula is C13H22N2O4. The fraction of sp³-hybridized carbons (Fsp3) is 0.692. The lowest BCUT2D eigenvalue weighted by Crippen LogP contribution is -2.47. The van der Waals surface area contributed by atoms with Gasteiger partial charge in [-0.2, -0.15) is 0 Å². The third-order valence-corrected chi connectivity index (χ3v) is 2.73. The Morgan fingerprint density at radius 3 is 2.47 bits per heavy atom. The SMILES string of the molecule is CNC(CC=C1CN(C(=O)OC(C)(C)C)C1)C(=O)O. The van der Waals surface area contributed by atoms with Crippen molar-refractivity contribution in [2.75, 3.05) is 20.1 Å². The number of aliphatic carboxylic acids is 1. The Morgan fingerprint density at radius 1 is 1.47 bits per heavy atom. The minimum atomic E-state index is -0.873. The maximum absolute atomic E-state index is 11.7. The van der Waals surface area contributed by atoms with E-state index in [1.807, 2.05) is 26.8 Å². The van der Waals surface area contributed by atoms with Gasteiger partial charge in [-0.25, -0.2) is 4.79 Å². The summed E-state index contributed by atoms with van der Waals surface area (Å²) in [4.78, 5) is 24.1. The van der Waals surface area contributed by atoms with Crippen LogP contribution < -0.4 is 5.32 Å². The number of carboxylic acids is 1. The number of likely N-dealkylation sites (tertiary alicyclic amines) is 1. The highest BCUT2D eigenvalue weighted by atomic mass is 16.6. The van der Waals surface area contributed by atoms with Crippen LogP contribution in [0.4, 0.5) is 4.79 Å². The summed E-state index contributed by atoms with van der Waals surface area (Å²) in [5.74, 6) is -0.873. The second kappa shape index (κ2) is 6.06. The predicted molar refractivity (Wildman–Crippen MR) is 71.0 cm³/mol. The van der Waals surface area contributed by atoms with Gasteiger partial charge in [0.1, 0.15) is 11.6 Å². The van der Waals surface area contributed by atoms with Crippen LogP contribution in [0.2, 0.25) is 0 Å². The molecule has 0 aromatic heterocycles. The predicted octanol–water partition coefficient (Wildman–Crippen LogP) is 1.23. The summed E-state index contributed by atoms with van der Waals surface area (Å²) in [6, 6.07) is -0.580. The van der Waals surface area contributed by atoms with Gasteiger partial charge in [0.2, 0.25) is 0 Å². The van der Waals surface area contributed by atoms with E-state index in [1.165, 1.54) is 0 Å². The van der Waals surface area contributed by atoms with Crippen molar-refractivity contribution in [3.63, 3.8) is 0 Å². The minimum absolute atomic E-state index is 0.326. The van der Waals surface area contributed by atoms with E-state index in [1.54, 1.807) is 11.9 Å². The molecule has 0 aromatic carbocycles. The van der Waals surface area contributed by atoms with Gasteiger partial charge in [0.05, 0.1) is 0 Å². The molecule has 1 amide bonds. The zero-order valence-corrected chi connectivity index (χ0v) is 11.9. The van der Waals surface area contributed by atoms with Crippen molar-refractivity contribution in [2.24, 2.45) is 0 Å². The number of nitrogens with one attached hydrogen (secondary N) is 1. The maximum atomic E-state index is 11.7. The van der Waals surface area contributed by atoms with E-state index >= 15 is 0 Å². The quantitative estimate of drug-likeness (QED) is 0.751. The summed E-state index contributed by atoms with van der Waals surface area (Å²) in [5.41, 5.74) is 0.573. The first-order valence-electron chi connectivity index (χ1n) is 6.29. The lowest BCUT2D eigenvalue weighted by Gasteiger charge is -2.35. The summed E-state index contributed by atoms with van der Waals surface area (Å²) in [7, 11) is 1.62. The van der Waals surface area contributed by atoms with Crippen molar-refractivity contribution in [3.8, 4) is 0 Å². The minimum Gasteiger partial charge on any atom is -0.480 e. The number of carboxylic acid groups (broad SMARTS) is 1. The highest BCUT2D eigenvalue weighted by molar-refractivity contribution is 5.74. The van der Waals surface area contributed by atoms with Crippen LogP contribution in [0.5, 0.6) is 0 Å². The molecule has 0 aliphatic carbocycles. The molecule has 0 aromatic rings. The molecule has 0 radical (unpaired) electrons. The topological polar surface area (TPSA) is 78.9 Å². The first kappa shape index (κ1) is 15.5. The molecule has 0 saturated carbocycles. The monoisotopic (exact) mass is 270 g/mol. The van der Waals surface area contributed by atoms with Crippen LogP contribution in [0.3, 0.4) is 0 Å². The third-order valence-electron chi connectivity index (χ3n) is 2.73. The van der Waals surface area contributed by atoms with Crippen molar-refractivity contribution >= 4 is 12.1 Å². The van der Waals surface area contributed by atoms with Gasteiger partial charge in [-0.15, -0.1) is 0 Å². The average Bonchev–Trinajstić information content (AvgIpc) is 2.17. The van der Waals surface area contributed by atoms with E-state index in [0.717, 1.165) is 5.57 Å². The van der Waals surface area contributed by atoms with Crippen LogP contribution in [0.25, 0.3) is 0 Å². The lowest BCUT2D eigenvalue weighted by molar-refractivity contribution is -0.139. The number of ether oxygens (including phenoxy) is 1. The summed E-state index contributed by atoms with van der Waals surface area (Å²) >= 11 is 0. The molecule has 19 heavy (non-hydrogen) atoms. The van der Waals surface area contributed by atoms with Gasteiger partial charge in [0, 0.05) is 13.1 Å². The van der Waals surface area contributed by atoms with E-state index in [4.69, 9.17) is 9.84 Å². The number of likely N-dealkylation sites (N-methyl/N-ethyl adjacent to an activating group) is 1. The number of hydrogen-bond acceptors (Lipinski definition) is 4. The molecule has 1 atom stereocenters. The molecule has 0 bridgehead atoms. The van der Waals surface area contributed by atoms with E-state index in [2.05, 4.69) is 5.32 Å². The maximum Gasteiger partial charge on any atom is 0.410 e. The lowest BCUT2D eigenvalue weighted by atomic mass is 10.0. The molecule has 1 rings (SSSR count). The molecule has 0 spiro atoms. The molecule has 1 aliphatic heterocycles. The van der Waals surface area contributed by atoms with E-state index in [9.17, 15) is 9.59 Å². The molecule has 6 nitrogen and oxygen atoms in total. The Kier molecular flexibility index (Phi) is 4.94. The van der Waals surface area contributed by atoms with Gasteiger partial charge in [-0.05, 0) is 39.8 Å². The van der Waals surface area contributed by atoms with Crippen LogP contribution in [0, 0.1) is 0 Å². The van der Waals surface area contributed by atoms with Gasteiger partial charge in [0.15, 0.2) is 0 Å². The molecule has 6 heteroatoms. The van der Waals surface area contributed by atoms with Crippen LogP contribution >= 0.6 is 0 Å². The van der Waals surface area contributed by atoms with Crippen molar-refractivity contribution < 1.29 is 19.4 Å². The average molecular weight is 270 g/mol. The Hall–Kier alpha value is -1.56. The van der Waals surface area contributed by atoms with Crippen LogP contribution in [-0.2, 0) is 9.53 Å². The largest absolute Gasteiger partial charge is 0.480 e. The summed E-state index contributed by atoms with van der Waals surface area (Å²) in [6.07, 6.45) is 1.97. The molecule has 1 fully saturated rings. The van der Waals surface area contributed by atoms with Gasteiger partial charge >= 0.3 is 12.1 Å². The molecule has 1 saturated heterocycles. The molecule has 1 heterocycles. The number of rotatable bonds is 4. The zero-order valence-electron chi connectivity index (χ0n) is 11.9. The Balaban J connectivity index is 2.37. The van der Waals surface area contributed by atoms with E-state index in [-0.39, 0.29) is 6.09 Å². The van der Waals surface area contributed by atoms with Crippen LogP contribution in [-0.4, -0.2) is 53.8 Å². The Morgan fingerprint density at radius 2 is 2.05 bits per heavy atom. The van der Waals surface area contributed by atoms with Crippen molar-refractivity contribution in [2.45, 2.75) is 38.8 Å². The molecule has 1 unspecified atom stereocenters. The standard InChI is InChI=1S/C13H22N2O4/c1-13(2,3)19-12(18)15-7-9(8-15)5-6-10(14-4)11(16)17/h5,10,14H,6-8H2,1-4H3,(H,16,17). The van der Waals surface area contributed by atoms with Crippen LogP contribution in [0.15, 0.2) is 11.6 Å². The van der Waals surface area contributed by atoms with Crippen molar-refractivity contribution in [1.82, 2.24) is 10.2 Å². The van der Waals surface area contributed by atoms with Crippen LogP contribution in [0.1, 0.15) is 27.2 Å². The Labute approximate surface area is 113 Å². The number of amides is 1. The summed E-state index contributed by atoms with van der Waals surface area (Å²) < 4.78 is 5.23. The first-order valence-corrected chi connectivity index (χ1v) is 6.29. The zero-order chi connectivity index (χ0) is 14.6. The van der Waals surface area contributed by atoms with Crippen molar-refractivity contribution in [1.29, 1.82) is 0 Å². The van der Waals surface area contributed by atoms with E-state index in [0.29, 0.717) is 19.5 Å². The normalized spacial score (nSPS) is 16.6.